The minimum Gasteiger partial charge on any atom is -0.448 e. The van der Waals surface area contributed by atoms with E-state index in [1.54, 1.807) is 6.26 Å². The number of aromatic nitrogens is 1. The van der Waals surface area contributed by atoms with Gasteiger partial charge in [-0.15, -0.1) is 0 Å². The predicted molar refractivity (Wildman–Crippen MR) is 158 cm³/mol. The van der Waals surface area contributed by atoms with Crippen LogP contribution in [0.3, 0.4) is 0 Å². The third-order valence-electron chi connectivity index (χ3n) is 9.96. The molecule has 0 unspecified atom stereocenters. The number of anilines is 1. The van der Waals surface area contributed by atoms with Gasteiger partial charge in [-0.1, -0.05) is 59.1 Å². The Morgan fingerprint density at radius 2 is 1.65 bits per heavy atom. The van der Waals surface area contributed by atoms with Gasteiger partial charge in [-0.25, -0.2) is 13.4 Å². The fourth-order valence-corrected chi connectivity index (χ4v) is 7.47. The molecule has 0 atom stereocenters. The molecule has 1 amide bonds. The Kier molecular flexibility index (Phi) is 7.54. The average molecular weight is 569 g/mol. The van der Waals surface area contributed by atoms with E-state index in [4.69, 9.17) is 14.7 Å². The van der Waals surface area contributed by atoms with E-state index >= 15 is 0 Å². The Hall–Kier alpha value is -2.86. The number of nitriles is 1. The van der Waals surface area contributed by atoms with E-state index < -0.39 is 15.4 Å². The largest absolute Gasteiger partial charge is 0.448 e. The zero-order valence-electron chi connectivity index (χ0n) is 24.2. The maximum Gasteiger partial charge on any atom is 0.224 e. The summed E-state index contributed by atoms with van der Waals surface area (Å²) in [6.45, 7) is 10.2. The molecule has 1 aliphatic heterocycles. The summed E-state index contributed by atoms with van der Waals surface area (Å²) in [6, 6.07) is 10.3. The maximum absolute atomic E-state index is 11.8. The molecule has 8 nitrogen and oxygen atoms in total. The van der Waals surface area contributed by atoms with Crippen molar-refractivity contribution in [2.75, 3.05) is 29.5 Å². The molecule has 4 fully saturated rings. The van der Waals surface area contributed by atoms with Crippen molar-refractivity contribution in [3.05, 3.63) is 36.4 Å². The summed E-state index contributed by atoms with van der Waals surface area (Å²) >= 11 is 0. The lowest BCUT2D eigenvalue weighted by atomic mass is 9.88. The van der Waals surface area contributed by atoms with Crippen molar-refractivity contribution >= 4 is 21.4 Å². The van der Waals surface area contributed by atoms with Crippen molar-refractivity contribution in [3.63, 3.8) is 0 Å². The van der Waals surface area contributed by atoms with Gasteiger partial charge in [0.05, 0.1) is 17.6 Å². The second-order valence-electron chi connectivity index (χ2n) is 13.2. The molecule has 2 aromatic rings. The van der Waals surface area contributed by atoms with Crippen LogP contribution in [-0.4, -0.2) is 49.4 Å². The SMILES string of the molecule is CC1(C)C(c2nc(-c3ccc(N4CCS(=O)(=O)CC4)cc3)co2)C1(C)C.N#CC1(NC(=O)C2CCCCC2)CC1.[HH]. The summed E-state index contributed by atoms with van der Waals surface area (Å²) in [5.74, 6) is 1.92. The minimum atomic E-state index is -2.86. The van der Waals surface area contributed by atoms with Crippen LogP contribution in [0.15, 0.2) is 34.9 Å². The van der Waals surface area contributed by atoms with Gasteiger partial charge in [-0.2, -0.15) is 5.26 Å². The molecule has 218 valence electrons. The molecule has 0 bridgehead atoms. The number of benzene rings is 1. The lowest BCUT2D eigenvalue weighted by molar-refractivity contribution is -0.126. The van der Waals surface area contributed by atoms with E-state index in [2.05, 4.69) is 44.0 Å². The Morgan fingerprint density at radius 3 is 2.17 bits per heavy atom. The van der Waals surface area contributed by atoms with Crippen LogP contribution >= 0.6 is 0 Å². The van der Waals surface area contributed by atoms with E-state index in [0.717, 1.165) is 61.4 Å². The first-order valence-electron chi connectivity index (χ1n) is 14.6. The van der Waals surface area contributed by atoms with Crippen LogP contribution in [0.25, 0.3) is 11.3 Å². The number of sulfone groups is 1. The minimum absolute atomic E-state index is 0. The van der Waals surface area contributed by atoms with Crippen LogP contribution in [0.2, 0.25) is 0 Å². The van der Waals surface area contributed by atoms with Crippen molar-refractivity contribution in [1.29, 1.82) is 5.26 Å². The molecule has 3 saturated carbocycles. The number of carbonyl (C=O) groups is 1. The molecular weight excluding hydrogens is 524 g/mol. The van der Waals surface area contributed by atoms with E-state index in [9.17, 15) is 13.2 Å². The number of oxazole rings is 1. The Balaban J connectivity index is 0.000000219. The topological polar surface area (TPSA) is 116 Å². The normalized spacial score (nSPS) is 24.2. The van der Waals surface area contributed by atoms with E-state index in [-0.39, 0.29) is 35.6 Å². The van der Waals surface area contributed by atoms with Crippen molar-refractivity contribution in [2.24, 2.45) is 16.7 Å². The third kappa shape index (κ3) is 5.79. The Labute approximate surface area is 239 Å². The monoisotopic (exact) mass is 568 g/mol. The van der Waals surface area contributed by atoms with Crippen molar-refractivity contribution in [3.8, 4) is 17.3 Å². The van der Waals surface area contributed by atoms with Crippen molar-refractivity contribution in [1.82, 2.24) is 10.3 Å². The quantitative estimate of drug-likeness (QED) is 0.491. The van der Waals surface area contributed by atoms with Crippen LogP contribution in [0, 0.1) is 28.1 Å². The number of hydrogen-bond donors (Lipinski definition) is 1. The fourth-order valence-electron chi connectivity index (χ4n) is 6.27. The Morgan fingerprint density at radius 1 is 1.05 bits per heavy atom. The number of carbonyl (C=O) groups excluding carboxylic acids is 1. The second kappa shape index (κ2) is 10.5. The van der Waals surface area contributed by atoms with Crippen LogP contribution in [0.4, 0.5) is 5.69 Å². The molecular formula is C31H44N4O4S. The van der Waals surface area contributed by atoms with Crippen LogP contribution in [-0.2, 0) is 14.6 Å². The summed E-state index contributed by atoms with van der Waals surface area (Å²) in [5.41, 5.74) is 2.85. The number of rotatable bonds is 5. The molecule has 40 heavy (non-hydrogen) atoms. The highest BCUT2D eigenvalue weighted by molar-refractivity contribution is 7.91. The molecule has 6 rings (SSSR count). The lowest BCUT2D eigenvalue weighted by Crippen LogP contribution is -2.40. The summed E-state index contributed by atoms with van der Waals surface area (Å²) in [5, 5.41) is 11.7. The van der Waals surface area contributed by atoms with Gasteiger partial charge in [0.1, 0.15) is 17.5 Å². The number of nitrogens with zero attached hydrogens (tertiary/aromatic N) is 3. The summed E-state index contributed by atoms with van der Waals surface area (Å²) in [4.78, 5) is 18.6. The number of nitrogens with one attached hydrogen (secondary N) is 1. The molecule has 3 aliphatic carbocycles. The smallest absolute Gasteiger partial charge is 0.224 e. The molecule has 1 N–H and O–H groups in total. The van der Waals surface area contributed by atoms with Crippen LogP contribution < -0.4 is 10.2 Å². The van der Waals surface area contributed by atoms with Crippen LogP contribution in [0.5, 0.6) is 0 Å². The summed E-state index contributed by atoms with van der Waals surface area (Å²) in [7, 11) is -2.86. The van der Waals surface area contributed by atoms with Crippen LogP contribution in [0.1, 0.15) is 85.9 Å². The molecule has 1 aromatic carbocycles. The standard InChI is InChI=1S/C20H26N2O3S.C11H16N2O.H2/c1-19(2)17(20(19,3)4)18-21-16(13-25-18)14-5-7-15(8-6-14)22-9-11-26(23,24)12-10-22;12-8-11(6-7-11)13-10(14)9-4-2-1-3-5-9;/h5-8,13,17H,9-12H2,1-4H3;9H,1-7H2,(H,13,14);1H. The highest BCUT2D eigenvalue weighted by atomic mass is 32.2. The van der Waals surface area contributed by atoms with Gasteiger partial charge >= 0.3 is 0 Å². The van der Waals surface area contributed by atoms with Gasteiger partial charge in [0, 0.05) is 37.6 Å². The first-order chi connectivity index (χ1) is 18.9. The maximum atomic E-state index is 11.8. The molecule has 4 aliphatic rings. The van der Waals surface area contributed by atoms with Crippen molar-refractivity contribution < 1.29 is 19.1 Å². The van der Waals surface area contributed by atoms with E-state index in [1.807, 2.05) is 24.3 Å². The van der Waals surface area contributed by atoms with Gasteiger partial charge in [-0.3, -0.25) is 4.79 Å². The number of hydrogen-bond acceptors (Lipinski definition) is 7. The van der Waals surface area contributed by atoms with E-state index in [1.165, 1.54) is 6.42 Å². The summed E-state index contributed by atoms with van der Waals surface area (Å²) in [6.07, 6.45) is 9.01. The molecule has 9 heteroatoms. The van der Waals surface area contributed by atoms with Gasteiger partial charge in [0.15, 0.2) is 15.7 Å². The van der Waals surface area contributed by atoms with Crippen molar-refractivity contribution in [2.45, 2.75) is 84.1 Å². The summed E-state index contributed by atoms with van der Waals surface area (Å²) < 4.78 is 28.9. The second-order valence-corrected chi connectivity index (χ2v) is 15.5. The molecule has 0 radical (unpaired) electrons. The zero-order chi connectivity index (χ0) is 28.8. The molecule has 1 saturated heterocycles. The average Bonchev–Trinajstić information content (AvgIpc) is 3.68. The van der Waals surface area contributed by atoms with Gasteiger partial charge in [0.25, 0.3) is 0 Å². The molecule has 2 heterocycles. The molecule has 0 spiro atoms. The third-order valence-corrected chi connectivity index (χ3v) is 11.6. The first-order valence-corrected chi connectivity index (χ1v) is 16.4. The fraction of sp³-hybridized carbons (Fsp3) is 0.645. The van der Waals surface area contributed by atoms with Gasteiger partial charge in [-0.05, 0) is 48.6 Å². The highest BCUT2D eigenvalue weighted by Crippen LogP contribution is 2.73. The predicted octanol–water partition coefficient (Wildman–Crippen LogP) is 5.71. The molecule has 1 aromatic heterocycles. The first kappa shape index (κ1) is 28.7. The van der Waals surface area contributed by atoms with Gasteiger partial charge < -0.3 is 14.6 Å². The Bertz CT molecular complexity index is 1360. The zero-order valence-corrected chi connectivity index (χ0v) is 25.0. The van der Waals surface area contributed by atoms with Gasteiger partial charge in [0.2, 0.25) is 5.91 Å². The lowest BCUT2D eigenvalue weighted by Gasteiger charge is -2.28. The number of amides is 1. The highest BCUT2D eigenvalue weighted by Gasteiger charge is 2.67. The van der Waals surface area contributed by atoms with E-state index in [0.29, 0.717) is 19.0 Å².